The standard InChI is InChI=1S/C18H17ClN2O3S2/c19-10-1-4-12(5-2-10)25-16-8-7-15(26-16)17(22)20-13-9-11-3-6-14(13)21(11)18(23)24/h1-2,4-5,7-8,11,13-14H,3,6,9H2,(H,20,22)(H,23,24)/t11-,13-,14+/m1/s1. The van der Waals surface area contributed by atoms with E-state index >= 15 is 0 Å². The molecule has 0 unspecified atom stereocenters. The quantitative estimate of drug-likeness (QED) is 0.777. The van der Waals surface area contributed by atoms with E-state index in [1.54, 1.807) is 11.8 Å². The first-order chi connectivity index (χ1) is 12.5. The van der Waals surface area contributed by atoms with Gasteiger partial charge in [-0.2, -0.15) is 0 Å². The average molecular weight is 409 g/mol. The van der Waals surface area contributed by atoms with Crippen molar-refractivity contribution in [3.63, 3.8) is 0 Å². The highest BCUT2D eigenvalue weighted by atomic mass is 35.5. The van der Waals surface area contributed by atoms with E-state index in [1.165, 1.54) is 16.2 Å². The molecule has 1 aromatic heterocycles. The number of hydrogen-bond acceptors (Lipinski definition) is 4. The van der Waals surface area contributed by atoms with Crippen molar-refractivity contribution in [1.29, 1.82) is 0 Å². The molecule has 2 bridgehead atoms. The molecule has 2 amide bonds. The number of carbonyl (C=O) groups is 2. The smallest absolute Gasteiger partial charge is 0.407 e. The molecular weight excluding hydrogens is 392 g/mol. The van der Waals surface area contributed by atoms with Gasteiger partial charge in [-0.3, -0.25) is 4.79 Å². The Kier molecular flexibility index (Phi) is 4.86. The van der Waals surface area contributed by atoms with Crippen molar-refractivity contribution in [2.24, 2.45) is 0 Å². The summed E-state index contributed by atoms with van der Waals surface area (Å²) in [5.74, 6) is -0.124. The summed E-state index contributed by atoms with van der Waals surface area (Å²) in [6.45, 7) is 0. The highest BCUT2D eigenvalue weighted by Gasteiger charge is 2.49. The Morgan fingerprint density at radius 1 is 1.19 bits per heavy atom. The second kappa shape index (κ2) is 7.13. The molecule has 0 saturated carbocycles. The van der Waals surface area contributed by atoms with Gasteiger partial charge in [0.2, 0.25) is 0 Å². The minimum absolute atomic E-state index is 0.0437. The maximum absolute atomic E-state index is 12.6. The number of hydrogen-bond donors (Lipinski definition) is 2. The number of carboxylic acid groups (broad SMARTS) is 1. The fourth-order valence-corrected chi connectivity index (χ4v) is 5.93. The molecular formula is C18H17ClN2O3S2. The molecule has 1 aromatic carbocycles. The van der Waals surface area contributed by atoms with Crippen LogP contribution in [-0.4, -0.2) is 40.1 Å². The lowest BCUT2D eigenvalue weighted by molar-refractivity contribution is 0.0925. The van der Waals surface area contributed by atoms with Crippen LogP contribution in [0.5, 0.6) is 0 Å². The molecule has 2 saturated heterocycles. The molecule has 3 heterocycles. The first kappa shape index (κ1) is 17.7. The Hall–Kier alpha value is -1.70. The molecule has 0 spiro atoms. The van der Waals surface area contributed by atoms with E-state index in [0.29, 0.717) is 16.3 Å². The molecule has 0 radical (unpaired) electrons. The van der Waals surface area contributed by atoms with Crippen LogP contribution in [0.25, 0.3) is 0 Å². The largest absolute Gasteiger partial charge is 0.465 e. The van der Waals surface area contributed by atoms with Crippen molar-refractivity contribution in [2.45, 2.75) is 46.5 Å². The Morgan fingerprint density at radius 2 is 1.96 bits per heavy atom. The fraction of sp³-hybridized carbons (Fsp3) is 0.333. The Labute approximate surface area is 164 Å². The summed E-state index contributed by atoms with van der Waals surface area (Å²) in [6.07, 6.45) is 1.54. The molecule has 3 atom stereocenters. The lowest BCUT2D eigenvalue weighted by Crippen LogP contribution is -2.44. The number of rotatable bonds is 4. The highest BCUT2D eigenvalue weighted by molar-refractivity contribution is 8.01. The van der Waals surface area contributed by atoms with Gasteiger partial charge in [0.15, 0.2) is 0 Å². The number of halogens is 1. The summed E-state index contributed by atoms with van der Waals surface area (Å²) >= 11 is 8.92. The summed E-state index contributed by atoms with van der Waals surface area (Å²) in [5.41, 5.74) is 0. The van der Waals surface area contributed by atoms with Crippen LogP contribution in [0.2, 0.25) is 5.02 Å². The van der Waals surface area contributed by atoms with E-state index in [0.717, 1.165) is 21.9 Å². The lowest BCUT2D eigenvalue weighted by Gasteiger charge is -2.22. The van der Waals surface area contributed by atoms with E-state index in [1.807, 2.05) is 36.4 Å². The molecule has 4 rings (SSSR count). The number of benzene rings is 1. The third-order valence-electron chi connectivity index (χ3n) is 4.91. The third-order valence-corrected chi connectivity index (χ3v) is 7.39. The van der Waals surface area contributed by atoms with Crippen molar-refractivity contribution in [2.75, 3.05) is 0 Å². The number of amides is 2. The topological polar surface area (TPSA) is 69.6 Å². The van der Waals surface area contributed by atoms with E-state index in [9.17, 15) is 14.7 Å². The number of thiophene rings is 1. The number of fused-ring (bicyclic) bond motifs is 2. The molecule has 26 heavy (non-hydrogen) atoms. The zero-order valence-electron chi connectivity index (χ0n) is 13.7. The summed E-state index contributed by atoms with van der Waals surface area (Å²) in [7, 11) is 0. The maximum Gasteiger partial charge on any atom is 0.407 e. The van der Waals surface area contributed by atoms with Gasteiger partial charge in [0, 0.05) is 16.0 Å². The normalized spacial score (nSPS) is 24.0. The molecule has 2 fully saturated rings. The van der Waals surface area contributed by atoms with E-state index in [4.69, 9.17) is 11.6 Å². The van der Waals surface area contributed by atoms with Crippen LogP contribution in [0.15, 0.2) is 45.5 Å². The monoisotopic (exact) mass is 408 g/mol. The van der Waals surface area contributed by atoms with Crippen LogP contribution in [0.3, 0.4) is 0 Å². The molecule has 2 N–H and O–H groups in total. The van der Waals surface area contributed by atoms with Crippen molar-refractivity contribution in [3.05, 3.63) is 46.3 Å². The van der Waals surface area contributed by atoms with Crippen LogP contribution in [-0.2, 0) is 0 Å². The molecule has 8 heteroatoms. The number of nitrogens with zero attached hydrogens (tertiary/aromatic N) is 1. The summed E-state index contributed by atoms with van der Waals surface area (Å²) < 4.78 is 1.03. The first-order valence-corrected chi connectivity index (χ1v) is 10.4. The second-order valence-corrected chi connectivity index (χ2v) is 9.37. The maximum atomic E-state index is 12.6. The Balaban J connectivity index is 1.39. The summed E-state index contributed by atoms with van der Waals surface area (Å²) in [4.78, 5) is 27.2. The van der Waals surface area contributed by atoms with Gasteiger partial charge < -0.3 is 15.3 Å². The average Bonchev–Trinajstić information content (AvgIpc) is 3.31. The van der Waals surface area contributed by atoms with Crippen LogP contribution in [0, 0.1) is 0 Å². The van der Waals surface area contributed by atoms with Gasteiger partial charge in [-0.25, -0.2) is 4.79 Å². The highest BCUT2D eigenvalue weighted by Crippen LogP contribution is 2.38. The van der Waals surface area contributed by atoms with Gasteiger partial charge in [-0.15, -0.1) is 11.3 Å². The van der Waals surface area contributed by atoms with Crippen LogP contribution < -0.4 is 5.32 Å². The predicted molar refractivity (Wildman–Crippen MR) is 102 cm³/mol. The lowest BCUT2D eigenvalue weighted by atomic mass is 9.95. The van der Waals surface area contributed by atoms with Gasteiger partial charge in [0.25, 0.3) is 5.91 Å². The zero-order chi connectivity index (χ0) is 18.3. The first-order valence-electron chi connectivity index (χ1n) is 8.36. The van der Waals surface area contributed by atoms with Gasteiger partial charge in [-0.05, 0) is 55.7 Å². The van der Waals surface area contributed by atoms with Crippen LogP contribution in [0.1, 0.15) is 28.9 Å². The SMILES string of the molecule is O=C(N[C@@H]1C[C@H]2CC[C@@H]1N2C(=O)O)c1ccc(Sc2ccc(Cl)cc2)s1. The van der Waals surface area contributed by atoms with Gasteiger partial charge >= 0.3 is 6.09 Å². The van der Waals surface area contributed by atoms with Crippen molar-refractivity contribution in [3.8, 4) is 0 Å². The molecule has 2 aromatic rings. The van der Waals surface area contributed by atoms with Crippen molar-refractivity contribution < 1.29 is 14.7 Å². The Morgan fingerprint density at radius 3 is 2.65 bits per heavy atom. The van der Waals surface area contributed by atoms with Gasteiger partial charge in [0.1, 0.15) is 0 Å². The third kappa shape index (κ3) is 3.43. The van der Waals surface area contributed by atoms with Crippen molar-refractivity contribution >= 4 is 46.7 Å². The van der Waals surface area contributed by atoms with Crippen LogP contribution in [0.4, 0.5) is 4.79 Å². The summed E-state index contributed by atoms with van der Waals surface area (Å²) in [5, 5.41) is 13.1. The predicted octanol–water partition coefficient (Wildman–Crippen LogP) is 4.57. The molecule has 5 nitrogen and oxygen atoms in total. The fourth-order valence-electron chi connectivity index (χ4n) is 3.80. The number of carbonyl (C=O) groups excluding carboxylic acids is 1. The van der Waals surface area contributed by atoms with E-state index in [2.05, 4.69) is 5.32 Å². The Bertz CT molecular complexity index is 839. The van der Waals surface area contributed by atoms with Gasteiger partial charge in [0.05, 0.1) is 21.2 Å². The molecule has 2 aliphatic rings. The molecule has 0 aliphatic carbocycles. The van der Waals surface area contributed by atoms with E-state index in [-0.39, 0.29) is 24.0 Å². The van der Waals surface area contributed by atoms with E-state index < -0.39 is 6.09 Å². The second-order valence-electron chi connectivity index (χ2n) is 6.48. The summed E-state index contributed by atoms with van der Waals surface area (Å²) in [6, 6.07) is 11.2. The van der Waals surface area contributed by atoms with Gasteiger partial charge in [-0.1, -0.05) is 23.4 Å². The molecule has 136 valence electrons. The zero-order valence-corrected chi connectivity index (χ0v) is 16.1. The van der Waals surface area contributed by atoms with Crippen LogP contribution >= 0.6 is 34.7 Å². The number of nitrogens with one attached hydrogen (secondary N) is 1. The minimum atomic E-state index is -0.882. The van der Waals surface area contributed by atoms with Crippen molar-refractivity contribution in [1.82, 2.24) is 10.2 Å². The minimum Gasteiger partial charge on any atom is -0.465 e. The molecule has 2 aliphatic heterocycles.